The van der Waals surface area contributed by atoms with Gasteiger partial charge in [-0.25, -0.2) is 9.97 Å². The lowest BCUT2D eigenvalue weighted by Gasteiger charge is -2.34. The van der Waals surface area contributed by atoms with Crippen LogP contribution in [0.5, 0.6) is 0 Å². The van der Waals surface area contributed by atoms with Crippen LogP contribution in [-0.4, -0.2) is 53.5 Å². The molecule has 1 aliphatic rings. The van der Waals surface area contributed by atoms with Crippen molar-refractivity contribution in [3.8, 4) is 0 Å². The lowest BCUT2D eigenvalue weighted by atomic mass is 10.3. The summed E-state index contributed by atoms with van der Waals surface area (Å²) in [5, 5.41) is 3.48. The van der Waals surface area contributed by atoms with E-state index in [1.165, 1.54) is 0 Å². The fraction of sp³-hybridized carbons (Fsp3) is 0.353. The summed E-state index contributed by atoms with van der Waals surface area (Å²) >= 11 is 12.2. The molecule has 0 saturated carbocycles. The summed E-state index contributed by atoms with van der Waals surface area (Å²) in [5.41, 5.74) is 0.659. The maximum atomic E-state index is 12.5. The zero-order valence-electron chi connectivity index (χ0n) is 13.9. The maximum absolute atomic E-state index is 12.5. The second kappa shape index (κ2) is 7.99. The van der Waals surface area contributed by atoms with Crippen molar-refractivity contribution < 1.29 is 4.79 Å². The second-order valence-electron chi connectivity index (χ2n) is 5.71. The summed E-state index contributed by atoms with van der Waals surface area (Å²) in [6.45, 7) is 6.80. The van der Waals surface area contributed by atoms with Crippen LogP contribution in [0.15, 0.2) is 30.5 Å². The number of piperazine rings is 1. The van der Waals surface area contributed by atoms with Crippen molar-refractivity contribution in [1.29, 1.82) is 0 Å². The van der Waals surface area contributed by atoms with E-state index in [0.717, 1.165) is 32.7 Å². The Morgan fingerprint density at radius 3 is 2.48 bits per heavy atom. The van der Waals surface area contributed by atoms with Gasteiger partial charge in [-0.15, -0.1) is 0 Å². The van der Waals surface area contributed by atoms with Crippen molar-refractivity contribution in [3.63, 3.8) is 0 Å². The number of nitrogens with zero attached hydrogens (tertiary/aromatic N) is 4. The van der Waals surface area contributed by atoms with Crippen LogP contribution in [0.2, 0.25) is 10.0 Å². The predicted molar refractivity (Wildman–Crippen MR) is 101 cm³/mol. The molecule has 132 valence electrons. The Balaban J connectivity index is 1.74. The van der Waals surface area contributed by atoms with E-state index in [9.17, 15) is 4.79 Å². The Morgan fingerprint density at radius 2 is 1.84 bits per heavy atom. The number of benzene rings is 1. The van der Waals surface area contributed by atoms with Crippen molar-refractivity contribution in [2.75, 3.05) is 42.9 Å². The van der Waals surface area contributed by atoms with Crippen molar-refractivity contribution in [2.45, 2.75) is 6.92 Å². The van der Waals surface area contributed by atoms with Crippen molar-refractivity contribution in [3.05, 3.63) is 46.2 Å². The van der Waals surface area contributed by atoms with Crippen LogP contribution in [0, 0.1) is 0 Å². The topological polar surface area (TPSA) is 61.4 Å². The van der Waals surface area contributed by atoms with E-state index in [1.807, 2.05) is 0 Å². The van der Waals surface area contributed by atoms with Gasteiger partial charge in [0.1, 0.15) is 5.69 Å². The lowest BCUT2D eigenvalue weighted by molar-refractivity contribution is 0.102. The molecule has 6 nitrogen and oxygen atoms in total. The monoisotopic (exact) mass is 379 g/mol. The highest BCUT2D eigenvalue weighted by Crippen LogP contribution is 2.30. The number of hydrogen-bond donors (Lipinski definition) is 1. The first-order valence-electron chi connectivity index (χ1n) is 8.14. The molecule has 1 fully saturated rings. The quantitative estimate of drug-likeness (QED) is 0.883. The summed E-state index contributed by atoms with van der Waals surface area (Å²) in [6, 6.07) is 6.63. The molecule has 3 rings (SSSR count). The van der Waals surface area contributed by atoms with Gasteiger partial charge in [0, 0.05) is 32.4 Å². The molecule has 8 heteroatoms. The number of rotatable bonds is 4. The Labute approximate surface area is 156 Å². The number of anilines is 2. The molecule has 1 amide bonds. The zero-order chi connectivity index (χ0) is 17.8. The van der Waals surface area contributed by atoms with E-state index in [0.29, 0.717) is 21.7 Å². The van der Waals surface area contributed by atoms with Gasteiger partial charge >= 0.3 is 0 Å². The minimum Gasteiger partial charge on any atom is -0.338 e. The molecule has 1 aromatic heterocycles. The van der Waals surface area contributed by atoms with Gasteiger partial charge in [-0.1, -0.05) is 36.2 Å². The summed E-state index contributed by atoms with van der Waals surface area (Å²) in [6.07, 6.45) is 1.59. The summed E-state index contributed by atoms with van der Waals surface area (Å²) in [4.78, 5) is 25.7. The lowest BCUT2D eigenvalue weighted by Crippen LogP contribution is -2.46. The number of carbonyl (C=O) groups is 1. The van der Waals surface area contributed by atoms with Gasteiger partial charge in [0.15, 0.2) is 0 Å². The Bertz CT molecular complexity index is 742. The molecule has 1 saturated heterocycles. The van der Waals surface area contributed by atoms with E-state index in [1.54, 1.807) is 30.5 Å². The maximum Gasteiger partial charge on any atom is 0.274 e. The standard InChI is InChI=1S/C17H19Cl2N5O/c1-2-23-8-10-24(11-9-23)17-20-7-6-14(21-17)16(25)22-15-12(18)4-3-5-13(15)19/h3-7H,2,8-11H2,1H3,(H,22,25). The van der Waals surface area contributed by atoms with Gasteiger partial charge < -0.3 is 15.1 Å². The smallest absolute Gasteiger partial charge is 0.274 e. The van der Waals surface area contributed by atoms with Gasteiger partial charge in [-0.3, -0.25) is 4.79 Å². The third-order valence-corrected chi connectivity index (χ3v) is 4.81. The molecule has 1 aliphatic heterocycles. The second-order valence-corrected chi connectivity index (χ2v) is 6.53. The fourth-order valence-electron chi connectivity index (χ4n) is 2.69. The third-order valence-electron chi connectivity index (χ3n) is 4.18. The molecule has 0 aliphatic carbocycles. The molecule has 2 heterocycles. The van der Waals surface area contributed by atoms with Crippen LogP contribution in [-0.2, 0) is 0 Å². The molecule has 1 aromatic carbocycles. The Hall–Kier alpha value is -1.89. The van der Waals surface area contributed by atoms with Crippen LogP contribution >= 0.6 is 23.2 Å². The number of amides is 1. The fourth-order valence-corrected chi connectivity index (χ4v) is 3.18. The van der Waals surface area contributed by atoms with Crippen LogP contribution in [0.25, 0.3) is 0 Å². The normalized spacial score (nSPS) is 15.2. The van der Waals surface area contributed by atoms with Crippen molar-refractivity contribution in [1.82, 2.24) is 14.9 Å². The molecule has 0 spiro atoms. The first-order chi connectivity index (χ1) is 12.1. The number of carbonyl (C=O) groups excluding carboxylic acids is 1. The Morgan fingerprint density at radius 1 is 1.16 bits per heavy atom. The minimum absolute atomic E-state index is 0.277. The molecule has 0 bridgehead atoms. The SMILES string of the molecule is CCN1CCN(c2nccc(C(=O)Nc3c(Cl)cccc3Cl)n2)CC1. The van der Waals surface area contributed by atoms with E-state index in [-0.39, 0.29) is 11.6 Å². The summed E-state index contributed by atoms with van der Waals surface area (Å²) in [7, 11) is 0. The number of hydrogen-bond acceptors (Lipinski definition) is 5. The molecule has 0 atom stereocenters. The largest absolute Gasteiger partial charge is 0.338 e. The van der Waals surface area contributed by atoms with Gasteiger partial charge in [-0.2, -0.15) is 0 Å². The highest BCUT2D eigenvalue weighted by molar-refractivity contribution is 6.39. The average Bonchev–Trinajstić information content (AvgIpc) is 2.65. The van der Waals surface area contributed by atoms with E-state index in [4.69, 9.17) is 23.2 Å². The molecule has 0 radical (unpaired) electrons. The molecule has 2 aromatic rings. The molecular formula is C17H19Cl2N5O. The molecule has 25 heavy (non-hydrogen) atoms. The van der Waals surface area contributed by atoms with Crippen LogP contribution < -0.4 is 10.2 Å². The number of para-hydroxylation sites is 1. The molecule has 1 N–H and O–H groups in total. The first-order valence-corrected chi connectivity index (χ1v) is 8.89. The van der Waals surface area contributed by atoms with Crippen LogP contribution in [0.1, 0.15) is 17.4 Å². The number of nitrogens with one attached hydrogen (secondary N) is 1. The van der Waals surface area contributed by atoms with E-state index < -0.39 is 0 Å². The highest BCUT2D eigenvalue weighted by Gasteiger charge is 2.19. The van der Waals surface area contributed by atoms with Crippen LogP contribution in [0.3, 0.4) is 0 Å². The third kappa shape index (κ3) is 4.21. The van der Waals surface area contributed by atoms with Crippen LogP contribution in [0.4, 0.5) is 11.6 Å². The number of aromatic nitrogens is 2. The Kier molecular flexibility index (Phi) is 5.73. The summed E-state index contributed by atoms with van der Waals surface area (Å²) < 4.78 is 0. The van der Waals surface area contributed by atoms with Crippen molar-refractivity contribution in [2.24, 2.45) is 0 Å². The predicted octanol–water partition coefficient (Wildman–Crippen LogP) is 3.18. The highest BCUT2D eigenvalue weighted by atomic mass is 35.5. The van der Waals surface area contributed by atoms with Gasteiger partial charge in [0.2, 0.25) is 5.95 Å². The molecular weight excluding hydrogens is 361 g/mol. The number of likely N-dealkylation sites (N-methyl/N-ethyl adjacent to an activating group) is 1. The van der Waals surface area contributed by atoms with Gasteiger partial charge in [-0.05, 0) is 24.7 Å². The van der Waals surface area contributed by atoms with E-state index >= 15 is 0 Å². The first kappa shape index (κ1) is 17.9. The molecule has 0 unspecified atom stereocenters. The summed E-state index contributed by atoms with van der Waals surface area (Å²) in [5.74, 6) is 0.194. The minimum atomic E-state index is -0.370. The van der Waals surface area contributed by atoms with Gasteiger partial charge in [0.25, 0.3) is 5.91 Å². The number of halogens is 2. The average molecular weight is 380 g/mol. The zero-order valence-corrected chi connectivity index (χ0v) is 15.4. The van der Waals surface area contributed by atoms with Crippen molar-refractivity contribution >= 4 is 40.7 Å². The van der Waals surface area contributed by atoms with Gasteiger partial charge in [0.05, 0.1) is 15.7 Å². The van der Waals surface area contributed by atoms with E-state index in [2.05, 4.69) is 32.0 Å².